The lowest BCUT2D eigenvalue weighted by atomic mass is 9.90. The van der Waals surface area contributed by atoms with E-state index in [-0.39, 0.29) is 11.6 Å². The van der Waals surface area contributed by atoms with Gasteiger partial charge in [0, 0.05) is 59.9 Å². The highest BCUT2D eigenvalue weighted by Gasteiger charge is 2.25. The maximum Gasteiger partial charge on any atom is 0.166 e. The van der Waals surface area contributed by atoms with Gasteiger partial charge < -0.3 is 21.2 Å². The molecule has 33 heavy (non-hydrogen) atoms. The first-order valence-corrected chi connectivity index (χ1v) is 11.2. The second kappa shape index (κ2) is 8.35. The highest BCUT2D eigenvalue weighted by Crippen LogP contribution is 2.37. The average Bonchev–Trinajstić information content (AvgIpc) is 3.12. The number of aryl methyl sites for hydroxylation is 1. The van der Waals surface area contributed by atoms with Gasteiger partial charge in [0.2, 0.25) is 0 Å². The number of allylic oxidation sites excluding steroid dienone is 1. The van der Waals surface area contributed by atoms with E-state index in [0.29, 0.717) is 23.8 Å². The van der Waals surface area contributed by atoms with Crippen LogP contribution in [0.4, 0.5) is 10.2 Å². The van der Waals surface area contributed by atoms with Crippen molar-refractivity contribution in [1.82, 2.24) is 20.1 Å². The third kappa shape index (κ3) is 3.86. The van der Waals surface area contributed by atoms with Crippen molar-refractivity contribution in [1.29, 1.82) is 5.41 Å². The Bertz CT molecular complexity index is 1260. The number of pyridine rings is 1. The molecule has 1 fully saturated rings. The summed E-state index contributed by atoms with van der Waals surface area (Å²) in [6.07, 6.45) is 8.30. The molecule has 0 saturated heterocycles. The summed E-state index contributed by atoms with van der Waals surface area (Å²) in [6, 6.07) is 6.92. The van der Waals surface area contributed by atoms with E-state index in [9.17, 15) is 4.39 Å². The maximum atomic E-state index is 14.3. The number of aromatic nitrogens is 3. The summed E-state index contributed by atoms with van der Waals surface area (Å²) in [5, 5.41) is 16.3. The molecule has 1 atom stereocenters. The summed E-state index contributed by atoms with van der Waals surface area (Å²) in [5.41, 5.74) is 12.0. The SMILES string of the molecule is C[C@H]1Oc2cc(cnc2N)/C(NC2CCC2)=C(/C=N)Cc2cnn(C)c2-c2ccc(F)cc21. The second-order valence-electron chi connectivity index (χ2n) is 8.73. The Morgan fingerprint density at radius 1 is 1.27 bits per heavy atom. The average molecular weight is 447 g/mol. The lowest BCUT2D eigenvalue weighted by Gasteiger charge is -2.30. The summed E-state index contributed by atoms with van der Waals surface area (Å²) in [7, 11) is 1.87. The van der Waals surface area contributed by atoms with Gasteiger partial charge in [0.25, 0.3) is 0 Å². The number of nitrogens with one attached hydrogen (secondary N) is 2. The normalized spacial score (nSPS) is 20.4. The molecular formula is C25H27FN6O. The first-order valence-electron chi connectivity index (χ1n) is 11.2. The number of hydrogen-bond acceptors (Lipinski definition) is 6. The van der Waals surface area contributed by atoms with Crippen molar-refractivity contribution in [2.24, 2.45) is 7.05 Å². The van der Waals surface area contributed by atoms with Crippen LogP contribution in [-0.2, 0) is 13.5 Å². The van der Waals surface area contributed by atoms with E-state index in [1.165, 1.54) is 24.8 Å². The number of hydrogen-bond donors (Lipinski definition) is 3. The van der Waals surface area contributed by atoms with E-state index in [1.54, 1.807) is 16.9 Å². The van der Waals surface area contributed by atoms with Crippen molar-refractivity contribution < 1.29 is 9.13 Å². The minimum absolute atomic E-state index is 0.265. The van der Waals surface area contributed by atoms with Crippen LogP contribution in [0.5, 0.6) is 5.75 Å². The predicted octanol–water partition coefficient (Wildman–Crippen LogP) is 4.40. The maximum absolute atomic E-state index is 14.3. The molecule has 8 heteroatoms. The van der Waals surface area contributed by atoms with Gasteiger partial charge in [0.05, 0.1) is 11.9 Å². The molecule has 7 nitrogen and oxygen atoms in total. The van der Waals surface area contributed by atoms with Gasteiger partial charge >= 0.3 is 0 Å². The zero-order valence-electron chi connectivity index (χ0n) is 18.7. The smallest absolute Gasteiger partial charge is 0.166 e. The molecule has 2 aromatic heterocycles. The molecule has 1 aromatic carbocycles. The van der Waals surface area contributed by atoms with Crippen LogP contribution in [0, 0.1) is 11.2 Å². The lowest BCUT2D eigenvalue weighted by molar-refractivity contribution is 0.227. The van der Waals surface area contributed by atoms with Crippen LogP contribution in [0.25, 0.3) is 17.0 Å². The second-order valence-corrected chi connectivity index (χ2v) is 8.73. The molecule has 1 aliphatic heterocycles. The van der Waals surface area contributed by atoms with E-state index in [4.69, 9.17) is 15.9 Å². The fraction of sp³-hybridized carbons (Fsp3) is 0.320. The molecule has 2 aliphatic rings. The Morgan fingerprint density at radius 2 is 2.09 bits per heavy atom. The third-order valence-corrected chi connectivity index (χ3v) is 6.53. The molecule has 4 N–H and O–H groups in total. The molecule has 2 bridgehead atoms. The predicted molar refractivity (Wildman–Crippen MR) is 126 cm³/mol. The highest BCUT2D eigenvalue weighted by atomic mass is 19.1. The standard InChI is InChI=1S/C25H27FN6O/c1-14-21-10-18(26)6-7-20(21)24-17(13-30-32(24)2)8-15(11-27)23(31-19-4-3-5-19)16-9-22(33-14)25(28)29-12-16/h6-7,9-14,19,27,31H,3-5,8H2,1-2H3,(H2,28,29)/b23-15-,27-11?/t14-/m1/s1. The molecule has 1 saturated carbocycles. The van der Waals surface area contributed by atoms with Gasteiger partial charge in [-0.25, -0.2) is 9.37 Å². The molecule has 1 aliphatic carbocycles. The van der Waals surface area contributed by atoms with Gasteiger partial charge in [-0.1, -0.05) is 0 Å². The summed E-state index contributed by atoms with van der Waals surface area (Å²) in [6.45, 7) is 1.87. The van der Waals surface area contributed by atoms with E-state index in [1.807, 2.05) is 26.2 Å². The molecule has 0 spiro atoms. The van der Waals surface area contributed by atoms with Crippen LogP contribution in [-0.4, -0.2) is 27.0 Å². The Labute approximate surface area is 192 Å². The van der Waals surface area contributed by atoms with Crippen LogP contribution in [0.15, 0.2) is 42.2 Å². The first kappa shape index (κ1) is 21.2. The van der Waals surface area contributed by atoms with Crippen molar-refractivity contribution in [2.45, 2.75) is 44.8 Å². The molecule has 0 unspecified atom stereocenters. The van der Waals surface area contributed by atoms with Gasteiger partial charge in [0.15, 0.2) is 11.6 Å². The quantitative estimate of drug-likeness (QED) is 0.518. The van der Waals surface area contributed by atoms with E-state index in [2.05, 4.69) is 15.4 Å². The van der Waals surface area contributed by atoms with Crippen LogP contribution in [0.3, 0.4) is 0 Å². The third-order valence-electron chi connectivity index (χ3n) is 6.53. The fourth-order valence-electron chi connectivity index (χ4n) is 4.52. The van der Waals surface area contributed by atoms with Gasteiger partial charge in [-0.2, -0.15) is 5.10 Å². The number of ether oxygens (including phenoxy) is 1. The number of fused-ring (bicyclic) bond motifs is 5. The van der Waals surface area contributed by atoms with Gasteiger partial charge in [-0.15, -0.1) is 0 Å². The van der Waals surface area contributed by atoms with E-state index in [0.717, 1.165) is 46.5 Å². The summed E-state index contributed by atoms with van der Waals surface area (Å²) >= 11 is 0. The number of halogens is 1. The molecule has 5 rings (SSSR count). The number of benzene rings is 1. The number of anilines is 1. The summed E-state index contributed by atoms with van der Waals surface area (Å²) in [4.78, 5) is 4.37. The first-order chi connectivity index (χ1) is 15.9. The molecule has 170 valence electrons. The van der Waals surface area contributed by atoms with Crippen LogP contribution in [0.1, 0.15) is 49.0 Å². The number of nitrogens with two attached hydrogens (primary N) is 1. The Hall–Kier alpha value is -3.68. The highest BCUT2D eigenvalue weighted by molar-refractivity contribution is 5.90. The summed E-state index contributed by atoms with van der Waals surface area (Å²) in [5.74, 6) is 0.353. The monoisotopic (exact) mass is 446 g/mol. The zero-order valence-corrected chi connectivity index (χ0v) is 18.7. The van der Waals surface area contributed by atoms with E-state index >= 15 is 0 Å². The Balaban J connectivity index is 1.76. The molecular weight excluding hydrogens is 419 g/mol. The zero-order chi connectivity index (χ0) is 23.1. The lowest BCUT2D eigenvalue weighted by Crippen LogP contribution is -2.34. The van der Waals surface area contributed by atoms with Gasteiger partial charge in [-0.3, -0.25) is 4.68 Å². The largest absolute Gasteiger partial charge is 0.482 e. The van der Waals surface area contributed by atoms with Crippen molar-refractivity contribution in [3.63, 3.8) is 0 Å². The van der Waals surface area contributed by atoms with Crippen molar-refractivity contribution in [3.05, 3.63) is 64.7 Å². The number of rotatable bonds is 3. The van der Waals surface area contributed by atoms with E-state index < -0.39 is 6.10 Å². The molecule has 0 amide bonds. The van der Waals surface area contributed by atoms with Crippen molar-refractivity contribution in [3.8, 4) is 17.0 Å². The van der Waals surface area contributed by atoms with Gasteiger partial charge in [0.1, 0.15) is 11.9 Å². The summed E-state index contributed by atoms with van der Waals surface area (Å²) < 4.78 is 22.3. The minimum atomic E-state index is -0.480. The van der Waals surface area contributed by atoms with Gasteiger partial charge in [-0.05, 0) is 56.0 Å². The topological polar surface area (TPSA) is 102 Å². The Kier molecular flexibility index (Phi) is 5.36. The Morgan fingerprint density at radius 3 is 2.82 bits per heavy atom. The van der Waals surface area contributed by atoms with Crippen LogP contribution in [0.2, 0.25) is 0 Å². The van der Waals surface area contributed by atoms with Crippen molar-refractivity contribution >= 4 is 17.7 Å². The number of nitrogen functional groups attached to an aromatic ring is 1. The van der Waals surface area contributed by atoms with Crippen LogP contribution < -0.4 is 15.8 Å². The molecule has 3 heterocycles. The number of nitrogens with zero attached hydrogens (tertiary/aromatic N) is 3. The molecule has 3 aromatic rings. The van der Waals surface area contributed by atoms with Crippen LogP contribution >= 0.6 is 0 Å². The minimum Gasteiger partial charge on any atom is -0.482 e. The molecule has 0 radical (unpaired) electrons. The fourth-order valence-corrected chi connectivity index (χ4v) is 4.52. The van der Waals surface area contributed by atoms with Crippen molar-refractivity contribution in [2.75, 3.05) is 5.73 Å².